The number of thiophene rings is 1. The molecule has 0 bridgehead atoms. The van der Waals surface area contributed by atoms with Crippen LogP contribution in [0, 0.1) is 0 Å². The van der Waals surface area contributed by atoms with E-state index in [0.29, 0.717) is 17.2 Å². The third-order valence-corrected chi connectivity index (χ3v) is 4.37. The van der Waals surface area contributed by atoms with E-state index in [1.54, 1.807) is 18.2 Å². The van der Waals surface area contributed by atoms with E-state index >= 15 is 0 Å². The standard InChI is InChI=1S/C14H12BrNO4S/c15-11-4-5-21-13(11)14(19)16-7-9-2-1-3-10(6-9)20-8-12(17)18/h1-6H,7-8H2,(H,16,19)(H,17,18). The minimum Gasteiger partial charge on any atom is -0.482 e. The molecule has 0 atom stereocenters. The zero-order valence-corrected chi connectivity index (χ0v) is 13.2. The molecular weight excluding hydrogens is 358 g/mol. The Morgan fingerprint density at radius 2 is 2.14 bits per heavy atom. The van der Waals surface area contributed by atoms with E-state index in [-0.39, 0.29) is 5.91 Å². The number of rotatable bonds is 6. The smallest absolute Gasteiger partial charge is 0.341 e. The molecule has 0 radical (unpaired) electrons. The summed E-state index contributed by atoms with van der Waals surface area (Å²) in [4.78, 5) is 23.0. The summed E-state index contributed by atoms with van der Waals surface area (Å²) in [6.45, 7) is -0.0502. The molecule has 1 heterocycles. The Bertz CT molecular complexity index is 656. The van der Waals surface area contributed by atoms with Crippen molar-refractivity contribution in [2.45, 2.75) is 6.54 Å². The van der Waals surface area contributed by atoms with Crippen molar-refractivity contribution in [1.29, 1.82) is 0 Å². The number of aliphatic carboxylic acids is 1. The Labute approximate surface area is 133 Å². The summed E-state index contributed by atoms with van der Waals surface area (Å²) in [5.74, 6) is -0.730. The molecule has 2 rings (SSSR count). The van der Waals surface area contributed by atoms with Crippen molar-refractivity contribution in [1.82, 2.24) is 5.32 Å². The van der Waals surface area contributed by atoms with Gasteiger partial charge in [0.25, 0.3) is 5.91 Å². The van der Waals surface area contributed by atoms with E-state index < -0.39 is 12.6 Å². The number of ether oxygens (including phenoxy) is 1. The lowest BCUT2D eigenvalue weighted by atomic mass is 10.2. The number of hydrogen-bond donors (Lipinski definition) is 2. The van der Waals surface area contributed by atoms with E-state index in [2.05, 4.69) is 21.2 Å². The highest BCUT2D eigenvalue weighted by Gasteiger charge is 2.11. The molecule has 0 aliphatic carbocycles. The Balaban J connectivity index is 1.94. The van der Waals surface area contributed by atoms with Crippen molar-refractivity contribution in [3.8, 4) is 5.75 Å². The van der Waals surface area contributed by atoms with Gasteiger partial charge in [-0.15, -0.1) is 11.3 Å². The summed E-state index contributed by atoms with van der Waals surface area (Å²) in [6.07, 6.45) is 0. The summed E-state index contributed by atoms with van der Waals surface area (Å²) in [7, 11) is 0. The van der Waals surface area contributed by atoms with Crippen LogP contribution in [0.4, 0.5) is 0 Å². The molecule has 0 spiro atoms. The number of nitrogens with one attached hydrogen (secondary N) is 1. The Morgan fingerprint density at radius 3 is 2.81 bits per heavy atom. The number of carbonyl (C=O) groups is 2. The zero-order chi connectivity index (χ0) is 15.2. The largest absolute Gasteiger partial charge is 0.482 e. The molecule has 0 aliphatic heterocycles. The van der Waals surface area contributed by atoms with Gasteiger partial charge < -0.3 is 15.2 Å². The van der Waals surface area contributed by atoms with Gasteiger partial charge >= 0.3 is 5.97 Å². The minimum absolute atomic E-state index is 0.159. The summed E-state index contributed by atoms with van der Waals surface area (Å²) < 4.78 is 5.86. The van der Waals surface area contributed by atoms with Crippen LogP contribution in [-0.4, -0.2) is 23.6 Å². The Kier molecular flexibility index (Phi) is 5.35. The SMILES string of the molecule is O=C(O)COc1cccc(CNC(=O)c2sccc2Br)c1. The summed E-state index contributed by atoms with van der Waals surface area (Å²) >= 11 is 4.67. The van der Waals surface area contributed by atoms with Gasteiger partial charge in [-0.05, 0) is 45.1 Å². The van der Waals surface area contributed by atoms with E-state index in [0.717, 1.165) is 10.0 Å². The van der Waals surface area contributed by atoms with Crippen LogP contribution in [0.15, 0.2) is 40.2 Å². The third-order valence-electron chi connectivity index (χ3n) is 2.54. The van der Waals surface area contributed by atoms with Crippen LogP contribution >= 0.6 is 27.3 Å². The lowest BCUT2D eigenvalue weighted by Gasteiger charge is -2.07. The number of carboxylic acids is 1. The predicted molar refractivity (Wildman–Crippen MR) is 82.8 cm³/mol. The van der Waals surface area contributed by atoms with Gasteiger partial charge in [-0.2, -0.15) is 0 Å². The topological polar surface area (TPSA) is 75.6 Å². The zero-order valence-electron chi connectivity index (χ0n) is 10.8. The molecule has 7 heteroatoms. The summed E-state index contributed by atoms with van der Waals surface area (Å²) in [5, 5.41) is 13.2. The summed E-state index contributed by atoms with van der Waals surface area (Å²) in [5.41, 5.74) is 0.832. The molecule has 1 amide bonds. The second-order valence-corrected chi connectivity index (χ2v) is 5.88. The van der Waals surface area contributed by atoms with Gasteiger partial charge in [-0.25, -0.2) is 4.79 Å². The lowest BCUT2D eigenvalue weighted by Crippen LogP contribution is -2.22. The molecule has 2 N–H and O–H groups in total. The van der Waals surface area contributed by atoms with Crippen LogP contribution in [0.1, 0.15) is 15.2 Å². The lowest BCUT2D eigenvalue weighted by molar-refractivity contribution is -0.139. The van der Waals surface area contributed by atoms with E-state index in [1.165, 1.54) is 11.3 Å². The molecule has 0 fully saturated rings. The highest BCUT2D eigenvalue weighted by molar-refractivity contribution is 9.10. The van der Waals surface area contributed by atoms with Gasteiger partial charge in [0.15, 0.2) is 6.61 Å². The number of amides is 1. The molecule has 0 saturated heterocycles. The Morgan fingerprint density at radius 1 is 1.33 bits per heavy atom. The molecule has 110 valence electrons. The molecule has 1 aromatic heterocycles. The number of carboxylic acid groups (broad SMARTS) is 1. The minimum atomic E-state index is -1.03. The first-order valence-corrected chi connectivity index (χ1v) is 7.68. The van der Waals surface area contributed by atoms with E-state index in [1.807, 2.05) is 17.5 Å². The van der Waals surface area contributed by atoms with Crippen molar-refractivity contribution >= 4 is 39.1 Å². The van der Waals surface area contributed by atoms with Crippen molar-refractivity contribution in [3.05, 3.63) is 50.6 Å². The molecule has 0 aliphatic rings. The first-order valence-electron chi connectivity index (χ1n) is 6.01. The van der Waals surface area contributed by atoms with Crippen LogP contribution < -0.4 is 10.1 Å². The molecule has 21 heavy (non-hydrogen) atoms. The van der Waals surface area contributed by atoms with Gasteiger partial charge in [0.1, 0.15) is 10.6 Å². The van der Waals surface area contributed by atoms with Gasteiger partial charge in [0.05, 0.1) is 0 Å². The number of benzene rings is 1. The average molecular weight is 370 g/mol. The maximum absolute atomic E-state index is 12.0. The van der Waals surface area contributed by atoms with Crippen LogP contribution in [0.2, 0.25) is 0 Å². The second-order valence-electron chi connectivity index (χ2n) is 4.11. The van der Waals surface area contributed by atoms with Gasteiger partial charge in [0.2, 0.25) is 0 Å². The van der Waals surface area contributed by atoms with Crippen molar-refractivity contribution in [2.24, 2.45) is 0 Å². The molecule has 1 aromatic carbocycles. The fourth-order valence-corrected chi connectivity index (χ4v) is 3.08. The van der Waals surface area contributed by atoms with Crippen molar-refractivity contribution in [2.75, 3.05) is 6.61 Å². The van der Waals surface area contributed by atoms with E-state index in [9.17, 15) is 9.59 Å². The normalized spacial score (nSPS) is 10.1. The molecule has 5 nitrogen and oxygen atoms in total. The predicted octanol–water partition coefficient (Wildman–Crippen LogP) is 2.90. The molecule has 0 saturated carbocycles. The second kappa shape index (κ2) is 7.24. The van der Waals surface area contributed by atoms with E-state index in [4.69, 9.17) is 9.84 Å². The quantitative estimate of drug-likeness (QED) is 0.820. The Hall–Kier alpha value is -1.86. The molecular formula is C14H12BrNO4S. The number of carbonyl (C=O) groups excluding carboxylic acids is 1. The average Bonchev–Trinajstić information content (AvgIpc) is 2.89. The van der Waals surface area contributed by atoms with Gasteiger partial charge in [-0.1, -0.05) is 12.1 Å². The monoisotopic (exact) mass is 369 g/mol. The van der Waals surface area contributed by atoms with Crippen LogP contribution in [-0.2, 0) is 11.3 Å². The van der Waals surface area contributed by atoms with Crippen LogP contribution in [0.5, 0.6) is 5.75 Å². The summed E-state index contributed by atoms with van der Waals surface area (Å²) in [6, 6.07) is 8.77. The highest BCUT2D eigenvalue weighted by Crippen LogP contribution is 2.22. The maximum atomic E-state index is 12.0. The van der Waals surface area contributed by atoms with Crippen LogP contribution in [0.25, 0.3) is 0 Å². The molecule has 0 unspecified atom stereocenters. The number of halogens is 1. The first-order chi connectivity index (χ1) is 10.1. The number of hydrogen-bond acceptors (Lipinski definition) is 4. The van der Waals surface area contributed by atoms with Crippen molar-refractivity contribution < 1.29 is 19.4 Å². The fourth-order valence-electron chi connectivity index (χ4n) is 1.61. The van der Waals surface area contributed by atoms with Crippen LogP contribution in [0.3, 0.4) is 0 Å². The third kappa shape index (κ3) is 4.57. The van der Waals surface area contributed by atoms with Gasteiger partial charge in [0, 0.05) is 11.0 Å². The maximum Gasteiger partial charge on any atom is 0.341 e. The van der Waals surface area contributed by atoms with Gasteiger partial charge in [-0.3, -0.25) is 4.79 Å². The first kappa shape index (κ1) is 15.5. The fraction of sp³-hybridized carbons (Fsp3) is 0.143. The van der Waals surface area contributed by atoms with Crippen molar-refractivity contribution in [3.63, 3.8) is 0 Å². The molecule has 2 aromatic rings. The highest BCUT2D eigenvalue weighted by atomic mass is 79.9.